The fourth-order valence-corrected chi connectivity index (χ4v) is 2.38. The number of rotatable bonds is 11. The van der Waals surface area contributed by atoms with Crippen molar-refractivity contribution >= 4 is 5.91 Å². The summed E-state index contributed by atoms with van der Waals surface area (Å²) in [5.41, 5.74) is 5.93. The van der Waals surface area contributed by atoms with Gasteiger partial charge in [-0.2, -0.15) is 0 Å². The van der Waals surface area contributed by atoms with E-state index < -0.39 is 11.6 Å². The number of nitrogens with two attached hydrogens (primary N) is 1. The summed E-state index contributed by atoms with van der Waals surface area (Å²) in [7, 11) is 0. The Labute approximate surface area is 125 Å². The van der Waals surface area contributed by atoms with Crippen molar-refractivity contribution < 1.29 is 13.6 Å². The molecule has 0 fully saturated rings. The van der Waals surface area contributed by atoms with Gasteiger partial charge in [0.15, 0.2) is 11.6 Å². The molecule has 2 nitrogen and oxygen atoms in total. The zero-order valence-electron chi connectivity index (χ0n) is 12.5. The molecule has 0 aliphatic rings. The molecule has 0 atom stereocenters. The SMILES string of the molecule is NC(=O)CCCCCCCCCCc1ccc(F)c(F)c1. The van der Waals surface area contributed by atoms with E-state index in [2.05, 4.69) is 0 Å². The molecule has 0 saturated carbocycles. The van der Waals surface area contributed by atoms with Crippen LogP contribution in [0.1, 0.15) is 63.4 Å². The zero-order valence-corrected chi connectivity index (χ0v) is 12.5. The highest BCUT2D eigenvalue weighted by molar-refractivity contribution is 5.73. The number of primary amides is 1. The van der Waals surface area contributed by atoms with E-state index in [-0.39, 0.29) is 5.91 Å². The van der Waals surface area contributed by atoms with Gasteiger partial charge < -0.3 is 5.73 Å². The van der Waals surface area contributed by atoms with E-state index in [1.54, 1.807) is 6.07 Å². The summed E-state index contributed by atoms with van der Waals surface area (Å²) >= 11 is 0. The first-order valence-electron chi connectivity index (χ1n) is 7.82. The predicted octanol–water partition coefficient (Wildman–Crippen LogP) is 4.50. The third kappa shape index (κ3) is 8.43. The Morgan fingerprint density at radius 2 is 1.43 bits per heavy atom. The van der Waals surface area contributed by atoms with Crippen molar-refractivity contribution in [3.8, 4) is 0 Å². The number of halogens is 2. The van der Waals surface area contributed by atoms with Crippen molar-refractivity contribution in [1.29, 1.82) is 0 Å². The second-order valence-electron chi connectivity index (χ2n) is 5.54. The molecule has 0 radical (unpaired) electrons. The minimum absolute atomic E-state index is 0.216. The van der Waals surface area contributed by atoms with Gasteiger partial charge in [-0.15, -0.1) is 0 Å². The largest absolute Gasteiger partial charge is 0.370 e. The van der Waals surface area contributed by atoms with Gasteiger partial charge in [-0.1, -0.05) is 44.6 Å². The van der Waals surface area contributed by atoms with E-state index in [0.29, 0.717) is 6.42 Å². The quantitative estimate of drug-likeness (QED) is 0.600. The van der Waals surface area contributed by atoms with Crippen LogP contribution in [0.5, 0.6) is 0 Å². The Hall–Kier alpha value is -1.45. The van der Waals surface area contributed by atoms with Gasteiger partial charge in [0.05, 0.1) is 0 Å². The van der Waals surface area contributed by atoms with E-state index in [9.17, 15) is 13.6 Å². The summed E-state index contributed by atoms with van der Waals surface area (Å²) in [5, 5.41) is 0. The topological polar surface area (TPSA) is 43.1 Å². The van der Waals surface area contributed by atoms with Crippen molar-refractivity contribution in [1.82, 2.24) is 0 Å². The van der Waals surface area contributed by atoms with E-state index in [1.807, 2.05) is 0 Å². The molecule has 0 spiro atoms. The molecule has 0 heterocycles. The minimum atomic E-state index is -0.782. The lowest BCUT2D eigenvalue weighted by Crippen LogP contribution is -2.09. The molecule has 1 aromatic rings. The molecule has 21 heavy (non-hydrogen) atoms. The van der Waals surface area contributed by atoms with Crippen molar-refractivity contribution in [2.45, 2.75) is 64.2 Å². The summed E-state index contributed by atoms with van der Waals surface area (Å²) in [6, 6.07) is 4.13. The monoisotopic (exact) mass is 297 g/mol. The molecule has 1 amide bonds. The number of hydrogen-bond donors (Lipinski definition) is 1. The van der Waals surface area contributed by atoms with Crippen molar-refractivity contribution in [2.75, 3.05) is 0 Å². The normalized spacial score (nSPS) is 10.8. The maximum atomic E-state index is 13.0. The average Bonchev–Trinajstić information content (AvgIpc) is 2.44. The van der Waals surface area contributed by atoms with Gasteiger partial charge in [0.2, 0.25) is 5.91 Å². The molecule has 0 saturated heterocycles. The first kappa shape index (κ1) is 17.6. The van der Waals surface area contributed by atoms with Gasteiger partial charge in [0, 0.05) is 6.42 Å². The molecule has 0 unspecified atom stereocenters. The molecule has 0 aromatic heterocycles. The standard InChI is InChI=1S/C17H25F2NO/c18-15-12-11-14(13-16(15)19)9-7-5-3-1-2-4-6-8-10-17(20)21/h11-13H,1-10H2,(H2,20,21). The zero-order chi connectivity index (χ0) is 15.5. The van der Waals surface area contributed by atoms with Crippen LogP contribution in [0.3, 0.4) is 0 Å². The third-order valence-electron chi connectivity index (χ3n) is 3.62. The minimum Gasteiger partial charge on any atom is -0.370 e. The van der Waals surface area contributed by atoms with Crippen LogP contribution in [0.15, 0.2) is 18.2 Å². The highest BCUT2D eigenvalue weighted by Crippen LogP contribution is 2.14. The third-order valence-corrected chi connectivity index (χ3v) is 3.62. The number of amides is 1. The summed E-state index contributed by atoms with van der Waals surface area (Å²) in [4.78, 5) is 10.5. The number of aryl methyl sites for hydroxylation is 1. The van der Waals surface area contributed by atoms with Crippen LogP contribution in [0, 0.1) is 11.6 Å². The van der Waals surface area contributed by atoms with E-state index in [1.165, 1.54) is 31.4 Å². The van der Waals surface area contributed by atoms with Crippen LogP contribution in [0.25, 0.3) is 0 Å². The molecule has 118 valence electrons. The number of carbonyl (C=O) groups is 1. The number of carbonyl (C=O) groups excluding carboxylic acids is 1. The van der Waals surface area contributed by atoms with Crippen molar-refractivity contribution in [3.63, 3.8) is 0 Å². The van der Waals surface area contributed by atoms with Gasteiger partial charge in [0.25, 0.3) is 0 Å². The van der Waals surface area contributed by atoms with Crippen LogP contribution in [0.2, 0.25) is 0 Å². The van der Waals surface area contributed by atoms with Gasteiger partial charge >= 0.3 is 0 Å². The Morgan fingerprint density at radius 1 is 0.857 bits per heavy atom. The summed E-state index contributed by atoms with van der Waals surface area (Å²) in [6.45, 7) is 0. The van der Waals surface area contributed by atoms with Crippen molar-refractivity contribution in [3.05, 3.63) is 35.4 Å². The van der Waals surface area contributed by atoms with Crippen LogP contribution in [-0.4, -0.2) is 5.91 Å². The predicted molar refractivity (Wildman–Crippen MR) is 80.8 cm³/mol. The molecule has 2 N–H and O–H groups in total. The Kier molecular flexibility index (Phi) is 8.63. The van der Waals surface area contributed by atoms with Gasteiger partial charge in [-0.25, -0.2) is 8.78 Å². The molecule has 0 aliphatic heterocycles. The van der Waals surface area contributed by atoms with Crippen LogP contribution < -0.4 is 5.73 Å². The Balaban J connectivity index is 1.95. The number of benzene rings is 1. The molecule has 0 aliphatic carbocycles. The van der Waals surface area contributed by atoms with Crippen LogP contribution in [0.4, 0.5) is 8.78 Å². The molecular formula is C17H25F2NO. The van der Waals surface area contributed by atoms with E-state index >= 15 is 0 Å². The second-order valence-corrected chi connectivity index (χ2v) is 5.54. The highest BCUT2D eigenvalue weighted by atomic mass is 19.2. The van der Waals surface area contributed by atoms with Crippen LogP contribution >= 0.6 is 0 Å². The average molecular weight is 297 g/mol. The lowest BCUT2D eigenvalue weighted by atomic mass is 10.0. The first-order valence-corrected chi connectivity index (χ1v) is 7.82. The lowest BCUT2D eigenvalue weighted by molar-refractivity contribution is -0.118. The Morgan fingerprint density at radius 3 is 2.00 bits per heavy atom. The molecule has 1 aromatic carbocycles. The molecule has 4 heteroatoms. The first-order chi connectivity index (χ1) is 10.1. The van der Waals surface area contributed by atoms with Gasteiger partial charge in [0.1, 0.15) is 0 Å². The summed E-state index contributed by atoms with van der Waals surface area (Å²) in [6.07, 6.45) is 10.1. The van der Waals surface area contributed by atoms with E-state index in [4.69, 9.17) is 5.73 Å². The van der Waals surface area contributed by atoms with Gasteiger partial charge in [-0.05, 0) is 37.0 Å². The number of unbranched alkanes of at least 4 members (excludes halogenated alkanes) is 7. The molecule has 0 bridgehead atoms. The maximum absolute atomic E-state index is 13.0. The van der Waals surface area contributed by atoms with Crippen molar-refractivity contribution in [2.24, 2.45) is 5.73 Å². The number of hydrogen-bond acceptors (Lipinski definition) is 1. The van der Waals surface area contributed by atoms with Gasteiger partial charge in [-0.3, -0.25) is 4.79 Å². The second kappa shape index (κ2) is 10.3. The fraction of sp³-hybridized carbons (Fsp3) is 0.588. The fourth-order valence-electron chi connectivity index (χ4n) is 2.38. The Bertz CT molecular complexity index is 435. The summed E-state index contributed by atoms with van der Waals surface area (Å²) in [5.74, 6) is -1.76. The maximum Gasteiger partial charge on any atom is 0.217 e. The van der Waals surface area contributed by atoms with Crippen LogP contribution in [-0.2, 0) is 11.2 Å². The van der Waals surface area contributed by atoms with E-state index in [0.717, 1.165) is 44.1 Å². The highest BCUT2D eigenvalue weighted by Gasteiger charge is 2.02. The molecule has 1 rings (SSSR count). The summed E-state index contributed by atoms with van der Waals surface area (Å²) < 4.78 is 25.8. The smallest absolute Gasteiger partial charge is 0.217 e. The molecular weight excluding hydrogens is 272 g/mol. The lowest BCUT2D eigenvalue weighted by Gasteiger charge is -2.03.